The first-order valence-corrected chi connectivity index (χ1v) is 10.7. The van der Waals surface area contributed by atoms with Gasteiger partial charge >= 0.3 is 5.97 Å². The van der Waals surface area contributed by atoms with E-state index < -0.39 is 5.97 Å². The standard InChI is InChI=1S/C24H24ClN3O4/c1-15(29)28(32-16(2)30)20-10-13-22-23(14-20)27(19-8-11-21(31-3)12-9-19)26-24(22)17-4-6-18(25)7-5-17/h4-9,11-12,20H,10,13-14H2,1-3H3. The zero-order chi connectivity index (χ0) is 22.8. The monoisotopic (exact) mass is 453 g/mol. The van der Waals surface area contributed by atoms with Gasteiger partial charge in [-0.05, 0) is 49.2 Å². The number of benzene rings is 2. The lowest BCUT2D eigenvalue weighted by Gasteiger charge is -2.31. The molecule has 1 atom stereocenters. The van der Waals surface area contributed by atoms with Gasteiger partial charge in [-0.1, -0.05) is 23.7 Å². The smallest absolute Gasteiger partial charge is 0.329 e. The molecule has 0 radical (unpaired) electrons. The summed E-state index contributed by atoms with van der Waals surface area (Å²) in [4.78, 5) is 29.0. The van der Waals surface area contributed by atoms with Crippen molar-refractivity contribution in [3.05, 3.63) is 64.8 Å². The fourth-order valence-electron chi connectivity index (χ4n) is 4.11. The second kappa shape index (κ2) is 9.04. The number of methoxy groups -OCH3 is 1. The molecular weight excluding hydrogens is 430 g/mol. The largest absolute Gasteiger partial charge is 0.497 e. The Hall–Kier alpha value is -3.32. The highest BCUT2D eigenvalue weighted by Gasteiger charge is 2.33. The molecule has 0 saturated carbocycles. The fourth-order valence-corrected chi connectivity index (χ4v) is 4.23. The summed E-state index contributed by atoms with van der Waals surface area (Å²) in [5.74, 6) is -0.0678. The predicted molar refractivity (Wildman–Crippen MR) is 121 cm³/mol. The van der Waals surface area contributed by atoms with Crippen LogP contribution in [0.1, 0.15) is 31.5 Å². The molecule has 1 aliphatic carbocycles. The molecule has 1 unspecified atom stereocenters. The van der Waals surface area contributed by atoms with Gasteiger partial charge in [0.05, 0.1) is 30.2 Å². The van der Waals surface area contributed by atoms with Gasteiger partial charge in [0, 0.05) is 36.4 Å². The van der Waals surface area contributed by atoms with E-state index in [-0.39, 0.29) is 11.9 Å². The Bertz CT molecular complexity index is 1140. The van der Waals surface area contributed by atoms with Gasteiger partial charge in [-0.25, -0.2) is 4.68 Å². The summed E-state index contributed by atoms with van der Waals surface area (Å²) < 4.78 is 7.18. The van der Waals surface area contributed by atoms with E-state index in [9.17, 15) is 9.59 Å². The van der Waals surface area contributed by atoms with Gasteiger partial charge in [-0.15, -0.1) is 0 Å². The first-order chi connectivity index (χ1) is 15.4. The number of carbonyl (C=O) groups is 2. The van der Waals surface area contributed by atoms with Crippen molar-refractivity contribution in [2.75, 3.05) is 7.11 Å². The topological polar surface area (TPSA) is 73.7 Å². The number of nitrogens with zero attached hydrogens (tertiary/aromatic N) is 3. The van der Waals surface area contributed by atoms with E-state index in [2.05, 4.69) is 0 Å². The minimum atomic E-state index is -0.517. The first kappa shape index (κ1) is 21.9. The van der Waals surface area contributed by atoms with Crippen LogP contribution in [-0.4, -0.2) is 39.9 Å². The van der Waals surface area contributed by atoms with Crippen LogP contribution in [0.3, 0.4) is 0 Å². The number of halogens is 1. The zero-order valence-electron chi connectivity index (χ0n) is 18.2. The molecule has 166 valence electrons. The average molecular weight is 454 g/mol. The normalized spacial score (nSPS) is 15.1. The summed E-state index contributed by atoms with van der Waals surface area (Å²) in [6, 6.07) is 15.0. The third-order valence-electron chi connectivity index (χ3n) is 5.55. The van der Waals surface area contributed by atoms with Gasteiger partial charge in [0.15, 0.2) is 0 Å². The lowest BCUT2D eigenvalue weighted by molar-refractivity contribution is -0.205. The number of aromatic nitrogens is 2. The van der Waals surface area contributed by atoms with Crippen LogP contribution >= 0.6 is 11.6 Å². The molecule has 0 aliphatic heterocycles. The molecule has 4 rings (SSSR count). The summed E-state index contributed by atoms with van der Waals surface area (Å²) >= 11 is 6.08. The zero-order valence-corrected chi connectivity index (χ0v) is 18.9. The summed E-state index contributed by atoms with van der Waals surface area (Å²) in [6.45, 7) is 2.70. The lowest BCUT2D eigenvalue weighted by atomic mass is 9.89. The van der Waals surface area contributed by atoms with E-state index in [1.54, 1.807) is 7.11 Å². The number of ether oxygens (including phenoxy) is 1. The molecule has 1 aromatic heterocycles. The molecule has 0 saturated heterocycles. The van der Waals surface area contributed by atoms with Crippen LogP contribution in [-0.2, 0) is 27.3 Å². The van der Waals surface area contributed by atoms with Crippen molar-refractivity contribution in [3.63, 3.8) is 0 Å². The molecule has 7 nitrogen and oxygen atoms in total. The Kier molecular flexibility index (Phi) is 6.19. The Morgan fingerprint density at radius 2 is 1.78 bits per heavy atom. The first-order valence-electron chi connectivity index (χ1n) is 10.4. The molecule has 0 fully saturated rings. The van der Waals surface area contributed by atoms with E-state index in [0.29, 0.717) is 24.3 Å². The Morgan fingerprint density at radius 1 is 1.09 bits per heavy atom. The summed E-state index contributed by atoms with van der Waals surface area (Å²) in [5.41, 5.74) is 4.83. The van der Waals surface area contributed by atoms with Crippen molar-refractivity contribution < 1.29 is 19.2 Å². The minimum absolute atomic E-state index is 0.268. The summed E-state index contributed by atoms with van der Waals surface area (Å²) in [7, 11) is 1.62. The fraction of sp³-hybridized carbons (Fsp3) is 0.292. The van der Waals surface area contributed by atoms with Crippen LogP contribution in [0, 0.1) is 0 Å². The second-order valence-corrected chi connectivity index (χ2v) is 8.15. The molecule has 1 aliphatic rings. The predicted octanol–water partition coefficient (Wildman–Crippen LogP) is 4.39. The maximum absolute atomic E-state index is 12.2. The van der Waals surface area contributed by atoms with E-state index in [1.807, 2.05) is 53.2 Å². The third-order valence-corrected chi connectivity index (χ3v) is 5.80. The molecule has 8 heteroatoms. The van der Waals surface area contributed by atoms with Crippen LogP contribution in [0.5, 0.6) is 5.75 Å². The van der Waals surface area contributed by atoms with Crippen LogP contribution in [0.25, 0.3) is 16.9 Å². The van der Waals surface area contributed by atoms with Gasteiger partial charge in [-0.2, -0.15) is 10.2 Å². The maximum Gasteiger partial charge on any atom is 0.329 e. The van der Waals surface area contributed by atoms with Crippen molar-refractivity contribution in [1.29, 1.82) is 0 Å². The third kappa shape index (κ3) is 4.34. The number of hydrogen-bond donors (Lipinski definition) is 0. The van der Waals surface area contributed by atoms with Crippen molar-refractivity contribution in [3.8, 4) is 22.7 Å². The van der Waals surface area contributed by atoms with Crippen LogP contribution in [0.15, 0.2) is 48.5 Å². The molecule has 0 N–H and O–H groups in total. The van der Waals surface area contributed by atoms with Gasteiger partial charge in [-0.3, -0.25) is 9.59 Å². The minimum Gasteiger partial charge on any atom is -0.497 e. The van der Waals surface area contributed by atoms with Gasteiger partial charge in [0.1, 0.15) is 5.75 Å². The summed E-state index contributed by atoms with van der Waals surface area (Å²) in [5, 5.41) is 6.79. The molecular formula is C24H24ClN3O4. The molecule has 1 heterocycles. The molecule has 32 heavy (non-hydrogen) atoms. The van der Waals surface area contributed by atoms with E-state index >= 15 is 0 Å². The van der Waals surface area contributed by atoms with Crippen LogP contribution in [0.2, 0.25) is 5.02 Å². The number of carbonyl (C=O) groups excluding carboxylic acids is 2. The van der Waals surface area contributed by atoms with Gasteiger partial charge in [0.2, 0.25) is 0 Å². The Labute approximate surface area is 191 Å². The van der Waals surface area contributed by atoms with Crippen molar-refractivity contribution >= 4 is 23.5 Å². The van der Waals surface area contributed by atoms with Crippen molar-refractivity contribution in [2.24, 2.45) is 0 Å². The lowest BCUT2D eigenvalue weighted by Crippen LogP contribution is -2.43. The van der Waals surface area contributed by atoms with E-state index in [0.717, 1.165) is 34.0 Å². The number of amides is 1. The summed E-state index contributed by atoms with van der Waals surface area (Å²) in [6.07, 6.45) is 1.86. The highest BCUT2D eigenvalue weighted by atomic mass is 35.5. The molecule has 3 aromatic rings. The van der Waals surface area contributed by atoms with Gasteiger partial charge < -0.3 is 9.57 Å². The second-order valence-electron chi connectivity index (χ2n) is 7.71. The van der Waals surface area contributed by atoms with E-state index in [1.165, 1.54) is 18.9 Å². The molecule has 2 aromatic carbocycles. The van der Waals surface area contributed by atoms with Crippen LogP contribution < -0.4 is 4.74 Å². The number of rotatable bonds is 4. The Morgan fingerprint density at radius 3 is 2.38 bits per heavy atom. The maximum atomic E-state index is 12.2. The Balaban J connectivity index is 1.79. The average Bonchev–Trinajstić information content (AvgIpc) is 3.16. The number of hydrogen-bond acceptors (Lipinski definition) is 5. The molecule has 0 spiro atoms. The highest BCUT2D eigenvalue weighted by Crippen LogP contribution is 2.35. The molecule has 0 bridgehead atoms. The quantitative estimate of drug-likeness (QED) is 0.548. The van der Waals surface area contributed by atoms with Crippen molar-refractivity contribution in [1.82, 2.24) is 14.8 Å². The number of fused-ring (bicyclic) bond motifs is 1. The highest BCUT2D eigenvalue weighted by molar-refractivity contribution is 6.30. The van der Waals surface area contributed by atoms with Crippen molar-refractivity contribution in [2.45, 2.75) is 39.2 Å². The van der Waals surface area contributed by atoms with Gasteiger partial charge in [0.25, 0.3) is 5.91 Å². The molecule has 1 amide bonds. The van der Waals surface area contributed by atoms with Crippen LogP contribution in [0.4, 0.5) is 0 Å². The van der Waals surface area contributed by atoms with E-state index in [4.69, 9.17) is 26.3 Å². The number of hydroxylamine groups is 2. The SMILES string of the molecule is COc1ccc(-n2nc(-c3ccc(Cl)cc3)c3c2CC(N(OC(C)=O)C(C)=O)CC3)cc1.